The molecule has 1 aromatic heterocycles. The maximum absolute atomic E-state index is 12.1. The van der Waals surface area contributed by atoms with E-state index in [2.05, 4.69) is 17.2 Å². The minimum Gasteiger partial charge on any atom is -0.328 e. The highest BCUT2D eigenvalue weighted by Gasteiger charge is 2.27. The Hall–Kier alpha value is -0.840. The lowest BCUT2D eigenvalue weighted by atomic mass is 9.79. The first-order chi connectivity index (χ1) is 8.66. The first kappa shape index (κ1) is 19.2. The number of pyridine rings is 1. The van der Waals surface area contributed by atoms with Crippen LogP contribution in [0.3, 0.4) is 0 Å². The Morgan fingerprint density at radius 1 is 1.25 bits per heavy atom. The number of nitrogens with zero attached hydrogens (tertiary/aromatic N) is 1. The lowest BCUT2D eigenvalue weighted by molar-refractivity contribution is -0.121. The Morgan fingerprint density at radius 2 is 1.80 bits per heavy atom. The number of carbonyl (C=O) groups excluding carboxylic acids is 1. The zero-order valence-corrected chi connectivity index (χ0v) is 13.3. The highest BCUT2D eigenvalue weighted by atomic mass is 35.5. The second kappa shape index (κ2) is 9.16. The molecule has 20 heavy (non-hydrogen) atoms. The molecule has 1 heterocycles. The molecule has 4 nitrogen and oxygen atoms in total. The van der Waals surface area contributed by atoms with E-state index in [1.807, 2.05) is 12.1 Å². The monoisotopic (exact) mass is 319 g/mol. The summed E-state index contributed by atoms with van der Waals surface area (Å²) in [5.74, 6) is 0.840. The highest BCUT2D eigenvalue weighted by Crippen LogP contribution is 2.30. The van der Waals surface area contributed by atoms with Crippen LogP contribution in [-0.4, -0.2) is 16.9 Å². The van der Waals surface area contributed by atoms with E-state index in [1.54, 1.807) is 12.4 Å². The Balaban J connectivity index is 0.00000180. The largest absolute Gasteiger partial charge is 0.328 e. The van der Waals surface area contributed by atoms with Gasteiger partial charge in [0.1, 0.15) is 0 Å². The number of amides is 1. The van der Waals surface area contributed by atoms with Crippen molar-refractivity contribution in [1.82, 2.24) is 4.98 Å². The van der Waals surface area contributed by atoms with Crippen molar-refractivity contribution < 1.29 is 4.79 Å². The summed E-state index contributed by atoms with van der Waals surface area (Å²) in [7, 11) is 0. The van der Waals surface area contributed by atoms with Crippen molar-refractivity contribution in [3.63, 3.8) is 0 Å². The van der Waals surface area contributed by atoms with Crippen LogP contribution in [0.1, 0.15) is 32.6 Å². The number of hydrogen-bond acceptors (Lipinski definition) is 3. The lowest BCUT2D eigenvalue weighted by Crippen LogP contribution is -2.33. The Bertz CT molecular complexity index is 393. The molecule has 1 aromatic rings. The Labute approximate surface area is 132 Å². The summed E-state index contributed by atoms with van der Waals surface area (Å²) in [5.41, 5.74) is 6.73. The molecular weight excluding hydrogens is 297 g/mol. The second-order valence-corrected chi connectivity index (χ2v) is 5.20. The van der Waals surface area contributed by atoms with Gasteiger partial charge < -0.3 is 11.1 Å². The fourth-order valence-electron chi connectivity index (χ4n) is 2.59. The lowest BCUT2D eigenvalue weighted by Gasteiger charge is -2.29. The van der Waals surface area contributed by atoms with Crippen molar-refractivity contribution in [1.29, 1.82) is 0 Å². The minimum absolute atomic E-state index is 0. The maximum atomic E-state index is 12.1. The van der Waals surface area contributed by atoms with E-state index < -0.39 is 0 Å². The summed E-state index contributed by atoms with van der Waals surface area (Å²) in [6.07, 6.45) is 7.38. The quantitative estimate of drug-likeness (QED) is 0.899. The van der Waals surface area contributed by atoms with Crippen LogP contribution in [0.25, 0.3) is 0 Å². The maximum Gasteiger partial charge on any atom is 0.227 e. The van der Waals surface area contributed by atoms with Gasteiger partial charge in [-0.2, -0.15) is 0 Å². The molecule has 3 N–H and O–H groups in total. The standard InChI is InChI=1S/C14H21N3O.2ClH/c1-10(15)11-2-4-12(5-3-11)14(18)17-13-6-8-16-9-7-13;;/h6-12H,2-5,15H2,1H3,(H,16,17,18);2*1H. The predicted molar refractivity (Wildman–Crippen MR) is 86.5 cm³/mol. The molecule has 6 heteroatoms. The first-order valence-corrected chi connectivity index (χ1v) is 6.63. The average Bonchev–Trinajstić information content (AvgIpc) is 2.40. The van der Waals surface area contributed by atoms with Gasteiger partial charge in [-0.15, -0.1) is 24.8 Å². The van der Waals surface area contributed by atoms with E-state index in [-0.39, 0.29) is 42.7 Å². The van der Waals surface area contributed by atoms with Crippen molar-refractivity contribution >= 4 is 36.4 Å². The summed E-state index contributed by atoms with van der Waals surface area (Å²) in [5, 5.41) is 2.95. The number of carbonyl (C=O) groups is 1. The molecule has 0 spiro atoms. The number of nitrogens with two attached hydrogens (primary N) is 1. The van der Waals surface area contributed by atoms with E-state index in [4.69, 9.17) is 5.73 Å². The zero-order chi connectivity index (χ0) is 13.0. The van der Waals surface area contributed by atoms with E-state index >= 15 is 0 Å². The summed E-state index contributed by atoms with van der Waals surface area (Å²) in [6, 6.07) is 3.87. The van der Waals surface area contributed by atoms with Gasteiger partial charge in [-0.25, -0.2) is 0 Å². The number of halogens is 2. The van der Waals surface area contributed by atoms with E-state index in [0.29, 0.717) is 5.92 Å². The van der Waals surface area contributed by atoms with Crippen molar-refractivity contribution in [3.8, 4) is 0 Å². The molecule has 1 saturated carbocycles. The molecule has 1 unspecified atom stereocenters. The van der Waals surface area contributed by atoms with Crippen LogP contribution in [0.5, 0.6) is 0 Å². The van der Waals surface area contributed by atoms with Gasteiger partial charge in [0, 0.05) is 30.0 Å². The molecule has 0 aromatic carbocycles. The van der Waals surface area contributed by atoms with Gasteiger partial charge in [-0.05, 0) is 50.7 Å². The van der Waals surface area contributed by atoms with Crippen LogP contribution in [0.4, 0.5) is 5.69 Å². The Morgan fingerprint density at radius 3 is 2.30 bits per heavy atom. The van der Waals surface area contributed by atoms with Gasteiger partial charge in [0.25, 0.3) is 0 Å². The van der Waals surface area contributed by atoms with Gasteiger partial charge >= 0.3 is 0 Å². The average molecular weight is 320 g/mol. The molecule has 114 valence electrons. The summed E-state index contributed by atoms with van der Waals surface area (Å²) in [6.45, 7) is 2.06. The predicted octanol–water partition coefficient (Wildman–Crippen LogP) is 3.02. The fourth-order valence-corrected chi connectivity index (χ4v) is 2.59. The molecular formula is C14H23Cl2N3O. The van der Waals surface area contributed by atoms with Gasteiger partial charge in [-0.3, -0.25) is 9.78 Å². The van der Waals surface area contributed by atoms with Gasteiger partial charge in [0.15, 0.2) is 0 Å². The third-order valence-electron chi connectivity index (χ3n) is 3.83. The molecule has 0 radical (unpaired) electrons. The van der Waals surface area contributed by atoms with E-state index in [0.717, 1.165) is 31.4 Å². The molecule has 1 atom stereocenters. The van der Waals surface area contributed by atoms with Crippen LogP contribution in [0.15, 0.2) is 24.5 Å². The SMILES string of the molecule is CC(N)C1CCC(C(=O)Nc2ccncc2)CC1.Cl.Cl. The third-order valence-corrected chi connectivity index (χ3v) is 3.83. The zero-order valence-electron chi connectivity index (χ0n) is 11.6. The van der Waals surface area contributed by atoms with Crippen LogP contribution < -0.4 is 11.1 Å². The second-order valence-electron chi connectivity index (χ2n) is 5.20. The Kier molecular flexibility index (Phi) is 8.78. The first-order valence-electron chi connectivity index (χ1n) is 6.63. The number of nitrogens with one attached hydrogen (secondary N) is 1. The molecule has 1 fully saturated rings. The smallest absolute Gasteiger partial charge is 0.227 e. The van der Waals surface area contributed by atoms with E-state index in [1.165, 1.54) is 0 Å². The topological polar surface area (TPSA) is 68.0 Å². The normalized spacial score (nSPS) is 22.9. The van der Waals surface area contributed by atoms with Crippen molar-refractivity contribution in [2.45, 2.75) is 38.6 Å². The summed E-state index contributed by atoms with van der Waals surface area (Å²) < 4.78 is 0. The fraction of sp³-hybridized carbons (Fsp3) is 0.571. The van der Waals surface area contributed by atoms with Crippen molar-refractivity contribution in [3.05, 3.63) is 24.5 Å². The van der Waals surface area contributed by atoms with Crippen molar-refractivity contribution in [2.75, 3.05) is 5.32 Å². The molecule has 0 aliphatic heterocycles. The molecule has 0 saturated heterocycles. The number of hydrogen-bond donors (Lipinski definition) is 2. The highest BCUT2D eigenvalue weighted by molar-refractivity contribution is 5.92. The minimum atomic E-state index is 0. The van der Waals surface area contributed by atoms with Gasteiger partial charge in [0.05, 0.1) is 0 Å². The summed E-state index contributed by atoms with van der Waals surface area (Å²) >= 11 is 0. The molecule has 1 aliphatic rings. The van der Waals surface area contributed by atoms with E-state index in [9.17, 15) is 4.79 Å². The molecule has 0 bridgehead atoms. The van der Waals surface area contributed by atoms with Crippen molar-refractivity contribution in [2.24, 2.45) is 17.6 Å². The molecule has 1 aliphatic carbocycles. The number of anilines is 1. The molecule has 1 amide bonds. The van der Waals surface area contributed by atoms with Crippen LogP contribution >= 0.6 is 24.8 Å². The van der Waals surface area contributed by atoms with Crippen LogP contribution in [-0.2, 0) is 4.79 Å². The van der Waals surface area contributed by atoms with Crippen LogP contribution in [0, 0.1) is 11.8 Å². The van der Waals surface area contributed by atoms with Crippen LogP contribution in [0.2, 0.25) is 0 Å². The number of aromatic nitrogens is 1. The summed E-state index contributed by atoms with van der Waals surface area (Å²) in [4.78, 5) is 16.0. The third kappa shape index (κ3) is 5.27. The molecule has 2 rings (SSSR count). The number of rotatable bonds is 3. The van der Waals surface area contributed by atoms with Gasteiger partial charge in [-0.1, -0.05) is 0 Å². The van der Waals surface area contributed by atoms with Gasteiger partial charge in [0.2, 0.25) is 5.91 Å².